The Morgan fingerprint density at radius 2 is 2.21 bits per heavy atom. The van der Waals surface area contributed by atoms with Crippen LogP contribution in [-0.2, 0) is 4.79 Å². The van der Waals surface area contributed by atoms with Crippen LogP contribution in [0.1, 0.15) is 11.4 Å². The number of rotatable bonds is 4. The van der Waals surface area contributed by atoms with E-state index in [-0.39, 0.29) is 12.6 Å². The lowest BCUT2D eigenvalue weighted by atomic mass is 10.2. The number of carbonyl (C=O) groups is 1. The maximum atomic E-state index is 11.5. The van der Waals surface area contributed by atoms with E-state index in [1.54, 1.807) is 31.2 Å². The van der Waals surface area contributed by atoms with Crippen molar-refractivity contribution in [1.82, 2.24) is 10.1 Å². The highest BCUT2D eigenvalue weighted by atomic mass is 16.5. The molecule has 0 radical (unpaired) electrons. The summed E-state index contributed by atoms with van der Waals surface area (Å²) >= 11 is 0. The van der Waals surface area contributed by atoms with Crippen LogP contribution in [-0.4, -0.2) is 22.7 Å². The monoisotopic (exact) mass is 258 g/mol. The van der Waals surface area contributed by atoms with E-state index < -0.39 is 5.91 Å². The van der Waals surface area contributed by atoms with Gasteiger partial charge in [-0.15, -0.1) is 0 Å². The Balaban J connectivity index is 1.84. The molecule has 0 fully saturated rings. The highest BCUT2D eigenvalue weighted by molar-refractivity contribution is 5.89. The van der Waals surface area contributed by atoms with Crippen LogP contribution in [0.5, 0.6) is 5.75 Å². The van der Waals surface area contributed by atoms with Gasteiger partial charge in [-0.25, -0.2) is 0 Å². The van der Waals surface area contributed by atoms with Crippen LogP contribution >= 0.6 is 0 Å². The van der Waals surface area contributed by atoms with Crippen LogP contribution in [0.25, 0.3) is 0 Å². The maximum absolute atomic E-state index is 11.5. The second-order valence-corrected chi connectivity index (χ2v) is 3.62. The average Bonchev–Trinajstić information content (AvgIpc) is 2.82. The van der Waals surface area contributed by atoms with Crippen molar-refractivity contribution in [2.75, 3.05) is 11.9 Å². The standard InChI is InChI=1S/C12H10N4O3/c1-8-14-12(19-16-8)15-11(17)7-18-10-4-2-9(6-13)3-5-10/h2-5H,7H2,1H3,(H,14,15,16,17). The van der Waals surface area contributed by atoms with E-state index in [0.717, 1.165) is 0 Å². The molecule has 7 heteroatoms. The second kappa shape index (κ2) is 5.64. The van der Waals surface area contributed by atoms with Gasteiger partial charge < -0.3 is 9.26 Å². The first kappa shape index (κ1) is 12.6. The van der Waals surface area contributed by atoms with E-state index in [1.807, 2.05) is 6.07 Å². The van der Waals surface area contributed by atoms with Crippen LogP contribution in [0.3, 0.4) is 0 Å². The maximum Gasteiger partial charge on any atom is 0.328 e. The Bertz CT molecular complexity index is 613. The van der Waals surface area contributed by atoms with Crippen molar-refractivity contribution in [2.24, 2.45) is 0 Å². The van der Waals surface area contributed by atoms with E-state index in [2.05, 4.69) is 15.5 Å². The molecule has 0 aliphatic heterocycles. The van der Waals surface area contributed by atoms with E-state index >= 15 is 0 Å². The first-order valence-corrected chi connectivity index (χ1v) is 5.40. The fraction of sp³-hybridized carbons (Fsp3) is 0.167. The highest BCUT2D eigenvalue weighted by Gasteiger charge is 2.08. The summed E-state index contributed by atoms with van der Waals surface area (Å²) in [5.41, 5.74) is 0.526. The Hall–Kier alpha value is -2.88. The summed E-state index contributed by atoms with van der Waals surface area (Å²) in [4.78, 5) is 15.3. The molecular weight excluding hydrogens is 248 g/mol. The summed E-state index contributed by atoms with van der Waals surface area (Å²) in [5, 5.41) is 14.6. The summed E-state index contributed by atoms with van der Waals surface area (Å²) < 4.78 is 9.97. The average molecular weight is 258 g/mol. The van der Waals surface area contributed by atoms with Crippen molar-refractivity contribution in [3.05, 3.63) is 35.7 Å². The third-order valence-corrected chi connectivity index (χ3v) is 2.13. The smallest absolute Gasteiger partial charge is 0.328 e. The molecule has 1 N–H and O–H groups in total. The molecule has 7 nitrogen and oxygen atoms in total. The minimum absolute atomic E-state index is 0.0333. The van der Waals surface area contributed by atoms with Crippen LogP contribution < -0.4 is 10.1 Å². The summed E-state index contributed by atoms with van der Waals surface area (Å²) in [6, 6.07) is 8.46. The zero-order valence-electron chi connectivity index (χ0n) is 10.1. The number of nitrogens with zero attached hydrogens (tertiary/aromatic N) is 3. The lowest BCUT2D eigenvalue weighted by molar-refractivity contribution is -0.118. The fourth-order valence-electron chi connectivity index (χ4n) is 1.28. The summed E-state index contributed by atoms with van der Waals surface area (Å²) in [6.07, 6.45) is 0. The molecule has 19 heavy (non-hydrogen) atoms. The van der Waals surface area contributed by atoms with Crippen LogP contribution in [0.15, 0.2) is 28.8 Å². The van der Waals surface area contributed by atoms with Gasteiger partial charge in [0.2, 0.25) is 0 Å². The normalized spacial score (nSPS) is 9.68. The molecule has 1 aromatic carbocycles. The number of ether oxygens (including phenoxy) is 1. The molecular formula is C12H10N4O3. The van der Waals surface area contributed by atoms with E-state index in [1.165, 1.54) is 0 Å². The van der Waals surface area contributed by atoms with Gasteiger partial charge in [0.1, 0.15) is 5.75 Å². The van der Waals surface area contributed by atoms with E-state index in [4.69, 9.17) is 14.5 Å². The Morgan fingerprint density at radius 1 is 1.47 bits per heavy atom. The SMILES string of the molecule is Cc1noc(NC(=O)COc2ccc(C#N)cc2)n1. The third-order valence-electron chi connectivity index (χ3n) is 2.13. The van der Waals surface area contributed by atoms with Gasteiger partial charge in [0.25, 0.3) is 5.91 Å². The molecule has 0 saturated carbocycles. The number of nitrogens with one attached hydrogen (secondary N) is 1. The predicted molar refractivity (Wildman–Crippen MR) is 64.3 cm³/mol. The number of hydrogen-bond donors (Lipinski definition) is 1. The molecule has 96 valence electrons. The zero-order chi connectivity index (χ0) is 13.7. The van der Waals surface area contributed by atoms with Crippen LogP contribution in [0, 0.1) is 18.3 Å². The van der Waals surface area contributed by atoms with Crippen molar-refractivity contribution in [3.63, 3.8) is 0 Å². The minimum Gasteiger partial charge on any atom is -0.484 e. The number of aromatic nitrogens is 2. The van der Waals surface area contributed by atoms with Gasteiger partial charge in [0.15, 0.2) is 12.4 Å². The second-order valence-electron chi connectivity index (χ2n) is 3.62. The summed E-state index contributed by atoms with van der Waals surface area (Å²) in [6.45, 7) is 1.46. The molecule has 0 aliphatic carbocycles. The van der Waals surface area contributed by atoms with E-state index in [0.29, 0.717) is 17.1 Å². The molecule has 0 atom stereocenters. The van der Waals surface area contributed by atoms with Crippen molar-refractivity contribution in [3.8, 4) is 11.8 Å². The van der Waals surface area contributed by atoms with Gasteiger partial charge >= 0.3 is 6.01 Å². The molecule has 0 spiro atoms. The number of nitriles is 1. The predicted octanol–water partition coefficient (Wildman–Crippen LogP) is 1.27. The van der Waals surface area contributed by atoms with Crippen molar-refractivity contribution in [1.29, 1.82) is 5.26 Å². The number of aryl methyl sites for hydroxylation is 1. The van der Waals surface area contributed by atoms with Crippen molar-refractivity contribution >= 4 is 11.9 Å². The molecule has 1 aromatic heterocycles. The molecule has 0 saturated heterocycles. The zero-order valence-corrected chi connectivity index (χ0v) is 10.1. The Labute approximate surface area is 108 Å². The van der Waals surface area contributed by atoms with Crippen LogP contribution in [0.2, 0.25) is 0 Å². The first-order valence-electron chi connectivity index (χ1n) is 5.40. The van der Waals surface area contributed by atoms with E-state index in [9.17, 15) is 4.79 Å². The first-order chi connectivity index (χ1) is 9.17. The topological polar surface area (TPSA) is 101 Å². The van der Waals surface area contributed by atoms with Gasteiger partial charge in [-0.2, -0.15) is 10.2 Å². The van der Waals surface area contributed by atoms with Gasteiger partial charge in [-0.05, 0) is 31.2 Å². The number of amides is 1. The highest BCUT2D eigenvalue weighted by Crippen LogP contribution is 2.11. The summed E-state index contributed by atoms with van der Waals surface area (Å²) in [7, 11) is 0. The van der Waals surface area contributed by atoms with Gasteiger partial charge in [0.05, 0.1) is 11.6 Å². The number of anilines is 1. The molecule has 1 heterocycles. The molecule has 0 unspecified atom stereocenters. The lowest BCUT2D eigenvalue weighted by Gasteiger charge is -2.04. The summed E-state index contributed by atoms with van der Waals surface area (Å²) in [5.74, 6) is 0.521. The molecule has 2 rings (SSSR count). The quantitative estimate of drug-likeness (QED) is 0.886. The Kier molecular flexibility index (Phi) is 3.73. The fourth-order valence-corrected chi connectivity index (χ4v) is 1.28. The Morgan fingerprint density at radius 3 is 2.79 bits per heavy atom. The van der Waals surface area contributed by atoms with Gasteiger partial charge in [0, 0.05) is 0 Å². The van der Waals surface area contributed by atoms with Crippen LogP contribution in [0.4, 0.5) is 6.01 Å². The number of carbonyl (C=O) groups excluding carboxylic acids is 1. The third kappa shape index (κ3) is 3.54. The molecule has 0 aliphatic rings. The number of benzene rings is 1. The van der Waals surface area contributed by atoms with Crippen molar-refractivity contribution < 1.29 is 14.1 Å². The lowest BCUT2D eigenvalue weighted by Crippen LogP contribution is -2.20. The van der Waals surface area contributed by atoms with Gasteiger partial charge in [-0.3, -0.25) is 10.1 Å². The molecule has 0 bridgehead atoms. The van der Waals surface area contributed by atoms with Gasteiger partial charge in [-0.1, -0.05) is 5.16 Å². The molecule has 1 amide bonds. The molecule has 2 aromatic rings. The largest absolute Gasteiger partial charge is 0.484 e. The van der Waals surface area contributed by atoms with Crippen molar-refractivity contribution in [2.45, 2.75) is 6.92 Å². The minimum atomic E-state index is -0.409. The number of hydrogen-bond acceptors (Lipinski definition) is 6.